The third-order valence-electron chi connectivity index (χ3n) is 2.10. The number of rotatable bonds is 5. The van der Waals surface area contributed by atoms with E-state index in [0.29, 0.717) is 6.42 Å². The van der Waals surface area contributed by atoms with Gasteiger partial charge in [-0.25, -0.2) is 0 Å². The van der Waals surface area contributed by atoms with Crippen LogP contribution in [-0.2, 0) is 22.4 Å². The second-order valence-corrected chi connectivity index (χ2v) is 6.09. The minimum Gasteiger partial charge on any atom is -0.368 e. The molecule has 0 radical (unpaired) electrons. The summed E-state index contributed by atoms with van der Waals surface area (Å²) in [6, 6.07) is 4.14. The maximum Gasteiger partial charge on any atom is 0.163 e. The van der Waals surface area contributed by atoms with Gasteiger partial charge in [0.25, 0.3) is 0 Å². The van der Waals surface area contributed by atoms with Crippen molar-refractivity contribution in [2.75, 3.05) is 6.61 Å². The van der Waals surface area contributed by atoms with Crippen molar-refractivity contribution in [2.24, 2.45) is 0 Å². The lowest BCUT2D eigenvalue weighted by Crippen LogP contribution is -2.24. The number of hydrogen-bond acceptors (Lipinski definition) is 3. The Bertz CT molecular complexity index is 347. The molecule has 0 saturated carbocycles. The Morgan fingerprint density at radius 1 is 1.31 bits per heavy atom. The van der Waals surface area contributed by atoms with Crippen LogP contribution in [0.5, 0.6) is 0 Å². The molecule has 90 valence electrons. The summed E-state index contributed by atoms with van der Waals surface area (Å²) in [6.07, 6.45) is 1.54. The monoisotopic (exact) mass is 240 g/mol. The van der Waals surface area contributed by atoms with E-state index in [-0.39, 0.29) is 18.0 Å². The van der Waals surface area contributed by atoms with Crippen LogP contribution in [0.1, 0.15) is 37.4 Å². The Morgan fingerprint density at radius 2 is 1.94 bits per heavy atom. The van der Waals surface area contributed by atoms with E-state index in [2.05, 4.69) is 13.0 Å². The molecule has 3 heteroatoms. The number of carbonyl (C=O) groups excluding carboxylic acids is 1. The van der Waals surface area contributed by atoms with Gasteiger partial charge in [0, 0.05) is 16.2 Å². The smallest absolute Gasteiger partial charge is 0.163 e. The van der Waals surface area contributed by atoms with Gasteiger partial charge in [0.1, 0.15) is 6.61 Å². The van der Waals surface area contributed by atoms with Crippen molar-refractivity contribution in [3.63, 3.8) is 0 Å². The highest BCUT2D eigenvalue weighted by Gasteiger charge is 2.13. The van der Waals surface area contributed by atoms with E-state index in [4.69, 9.17) is 4.74 Å². The van der Waals surface area contributed by atoms with E-state index in [1.165, 1.54) is 4.88 Å². The number of aryl methyl sites for hydroxylation is 1. The van der Waals surface area contributed by atoms with Crippen LogP contribution in [-0.4, -0.2) is 18.0 Å². The van der Waals surface area contributed by atoms with Gasteiger partial charge < -0.3 is 4.74 Å². The first-order valence-corrected chi connectivity index (χ1v) is 6.45. The van der Waals surface area contributed by atoms with Crippen molar-refractivity contribution >= 4 is 17.1 Å². The number of Topliss-reactive ketones (excluding diaryl/α,β-unsaturated/α-hetero) is 1. The zero-order valence-corrected chi connectivity index (χ0v) is 11.3. The fourth-order valence-electron chi connectivity index (χ4n) is 1.25. The lowest BCUT2D eigenvalue weighted by molar-refractivity contribution is -0.127. The fraction of sp³-hybridized carbons (Fsp3) is 0.615. The van der Waals surface area contributed by atoms with Crippen LogP contribution in [0.4, 0.5) is 0 Å². The van der Waals surface area contributed by atoms with Gasteiger partial charge in [0.05, 0.1) is 5.60 Å². The molecule has 1 aromatic heterocycles. The summed E-state index contributed by atoms with van der Waals surface area (Å²) in [4.78, 5) is 14.1. The zero-order chi connectivity index (χ0) is 12.2. The standard InChI is InChI=1S/C13H20O2S/c1-5-11-6-7-12(16-11)8-10(14)9-15-13(2,3)4/h6-7H,5,8-9H2,1-4H3. The topological polar surface area (TPSA) is 26.3 Å². The fourth-order valence-corrected chi connectivity index (χ4v) is 2.24. The van der Waals surface area contributed by atoms with Crippen molar-refractivity contribution in [1.82, 2.24) is 0 Å². The molecule has 0 saturated heterocycles. The minimum absolute atomic E-state index is 0.152. The van der Waals surface area contributed by atoms with Gasteiger partial charge in [-0.3, -0.25) is 4.79 Å². The number of thiophene rings is 1. The van der Waals surface area contributed by atoms with E-state index < -0.39 is 0 Å². The molecule has 1 heterocycles. The van der Waals surface area contributed by atoms with Crippen molar-refractivity contribution in [3.05, 3.63) is 21.9 Å². The second-order valence-electron chi connectivity index (χ2n) is 4.84. The molecule has 16 heavy (non-hydrogen) atoms. The van der Waals surface area contributed by atoms with Gasteiger partial charge in [-0.15, -0.1) is 11.3 Å². The number of ketones is 1. The summed E-state index contributed by atoms with van der Waals surface area (Å²) < 4.78 is 5.45. The Labute approximate surface area is 102 Å². The second kappa shape index (κ2) is 5.60. The van der Waals surface area contributed by atoms with Crippen molar-refractivity contribution in [1.29, 1.82) is 0 Å². The molecule has 2 nitrogen and oxygen atoms in total. The van der Waals surface area contributed by atoms with E-state index in [1.54, 1.807) is 11.3 Å². The van der Waals surface area contributed by atoms with Crippen molar-refractivity contribution in [2.45, 2.75) is 46.1 Å². The van der Waals surface area contributed by atoms with Gasteiger partial charge in [-0.05, 0) is 39.3 Å². The molecule has 0 amide bonds. The lowest BCUT2D eigenvalue weighted by Gasteiger charge is -2.18. The molecule has 0 bridgehead atoms. The maximum atomic E-state index is 11.6. The van der Waals surface area contributed by atoms with Gasteiger partial charge in [-0.2, -0.15) is 0 Å². The van der Waals surface area contributed by atoms with Crippen LogP contribution in [0.25, 0.3) is 0 Å². The molecular formula is C13H20O2S. The highest BCUT2D eigenvalue weighted by Crippen LogP contribution is 2.18. The zero-order valence-electron chi connectivity index (χ0n) is 10.5. The molecule has 0 spiro atoms. The molecule has 0 aliphatic heterocycles. The summed E-state index contributed by atoms with van der Waals surface area (Å²) in [5.74, 6) is 0.152. The summed E-state index contributed by atoms with van der Waals surface area (Å²) in [5, 5.41) is 0. The largest absolute Gasteiger partial charge is 0.368 e. The van der Waals surface area contributed by atoms with Gasteiger partial charge in [0.15, 0.2) is 5.78 Å². The number of carbonyl (C=O) groups is 1. The van der Waals surface area contributed by atoms with Crippen molar-refractivity contribution < 1.29 is 9.53 Å². The third kappa shape index (κ3) is 4.90. The van der Waals surface area contributed by atoms with E-state index >= 15 is 0 Å². The molecule has 1 rings (SSSR count). The molecule has 0 aliphatic rings. The van der Waals surface area contributed by atoms with Gasteiger partial charge >= 0.3 is 0 Å². The number of hydrogen-bond donors (Lipinski definition) is 0. The van der Waals surface area contributed by atoms with Crippen LogP contribution in [0, 0.1) is 0 Å². The first-order valence-electron chi connectivity index (χ1n) is 5.64. The third-order valence-corrected chi connectivity index (χ3v) is 3.33. The first kappa shape index (κ1) is 13.4. The predicted molar refractivity (Wildman–Crippen MR) is 68.1 cm³/mol. The van der Waals surface area contributed by atoms with E-state index in [0.717, 1.165) is 11.3 Å². The Morgan fingerprint density at radius 3 is 2.44 bits per heavy atom. The van der Waals surface area contributed by atoms with Gasteiger partial charge in [-0.1, -0.05) is 6.92 Å². The molecule has 0 N–H and O–H groups in total. The van der Waals surface area contributed by atoms with Gasteiger partial charge in [0.2, 0.25) is 0 Å². The molecule has 0 unspecified atom stereocenters. The summed E-state index contributed by atoms with van der Waals surface area (Å²) >= 11 is 1.72. The SMILES string of the molecule is CCc1ccc(CC(=O)COC(C)(C)C)s1. The molecule has 0 fully saturated rings. The quantitative estimate of drug-likeness (QED) is 0.790. The lowest BCUT2D eigenvalue weighted by atomic mass is 10.2. The highest BCUT2D eigenvalue weighted by molar-refractivity contribution is 7.12. The summed E-state index contributed by atoms with van der Waals surface area (Å²) in [7, 11) is 0. The first-order chi connectivity index (χ1) is 7.40. The van der Waals surface area contributed by atoms with Crippen LogP contribution < -0.4 is 0 Å². The highest BCUT2D eigenvalue weighted by atomic mass is 32.1. The molecule has 1 aromatic rings. The van der Waals surface area contributed by atoms with Crippen LogP contribution >= 0.6 is 11.3 Å². The minimum atomic E-state index is -0.236. The van der Waals surface area contributed by atoms with E-state index in [9.17, 15) is 4.79 Å². The van der Waals surface area contributed by atoms with Crippen LogP contribution in [0.2, 0.25) is 0 Å². The molecule has 0 aliphatic carbocycles. The number of ether oxygens (including phenoxy) is 1. The molecule has 0 aromatic carbocycles. The van der Waals surface area contributed by atoms with E-state index in [1.807, 2.05) is 26.8 Å². The Balaban J connectivity index is 2.40. The van der Waals surface area contributed by atoms with Crippen LogP contribution in [0.3, 0.4) is 0 Å². The maximum absolute atomic E-state index is 11.6. The average Bonchev–Trinajstić information content (AvgIpc) is 2.61. The normalized spacial score (nSPS) is 11.8. The molecular weight excluding hydrogens is 220 g/mol. The summed E-state index contributed by atoms with van der Waals surface area (Å²) in [5.41, 5.74) is -0.236. The Kier molecular flexibility index (Phi) is 4.69. The average molecular weight is 240 g/mol. The van der Waals surface area contributed by atoms with Crippen LogP contribution in [0.15, 0.2) is 12.1 Å². The predicted octanol–water partition coefficient (Wildman–Crippen LogP) is 3.24. The molecule has 0 atom stereocenters. The van der Waals surface area contributed by atoms with Crippen molar-refractivity contribution in [3.8, 4) is 0 Å². The Hall–Kier alpha value is -0.670. The summed E-state index contributed by atoms with van der Waals surface area (Å²) in [6.45, 7) is 8.21.